The Morgan fingerprint density at radius 2 is 1.34 bits per heavy atom. The summed E-state index contributed by atoms with van der Waals surface area (Å²) in [6.07, 6.45) is -4.88. The second kappa shape index (κ2) is 12.4. The predicted molar refractivity (Wildman–Crippen MR) is 99.7 cm³/mol. The summed E-state index contributed by atoms with van der Waals surface area (Å²) in [4.78, 5) is 87.6. The van der Waals surface area contributed by atoms with Gasteiger partial charge in [-0.2, -0.15) is 0 Å². The summed E-state index contributed by atoms with van der Waals surface area (Å²) in [5, 5.41) is 0.253. The number of ether oxygens (including phenoxy) is 4. The Balaban J connectivity index is 2.95. The lowest BCUT2D eigenvalue weighted by molar-refractivity contribution is -0.208. The maximum atomic E-state index is 12.6. The lowest BCUT2D eigenvalue weighted by Gasteiger charge is -2.24. The zero-order chi connectivity index (χ0) is 24.4. The monoisotopic (exact) mass is 459 g/mol. The summed E-state index contributed by atoms with van der Waals surface area (Å²) >= 11 is 0. The van der Waals surface area contributed by atoms with Crippen molar-refractivity contribution in [2.24, 2.45) is 0 Å². The summed E-state index contributed by atoms with van der Waals surface area (Å²) in [5.41, 5.74) is 0. The lowest BCUT2D eigenvalue weighted by atomic mass is 10.2. The second-order valence-corrected chi connectivity index (χ2v) is 6.65. The molecular formula is C19H25NO12. The molecule has 0 aromatic carbocycles. The average Bonchev–Trinajstić information content (AvgIpc) is 3.02. The van der Waals surface area contributed by atoms with Crippen molar-refractivity contribution >= 4 is 41.7 Å². The summed E-state index contributed by atoms with van der Waals surface area (Å²) in [6, 6.07) is 0. The van der Waals surface area contributed by atoms with Crippen LogP contribution >= 0.6 is 0 Å². The Morgan fingerprint density at radius 1 is 0.844 bits per heavy atom. The van der Waals surface area contributed by atoms with Gasteiger partial charge >= 0.3 is 29.8 Å². The molecule has 13 heteroatoms. The molecule has 0 N–H and O–H groups in total. The standard InChI is InChI=1S/C19H25NO12/c1-5-6-9-28-18(26)15(30-11(3)21)16(31-12(4)22)19(27)29-10(2)17(25)32-20-13(23)7-8-14(20)24/h10,15-16H,5-9H2,1-4H3/t10-,15+,16+/m0/s1. The van der Waals surface area contributed by atoms with Crippen molar-refractivity contribution < 1.29 is 57.3 Å². The summed E-state index contributed by atoms with van der Waals surface area (Å²) in [6.45, 7) is 4.72. The van der Waals surface area contributed by atoms with Crippen molar-refractivity contribution in [3.05, 3.63) is 0 Å². The number of hydrogen-bond donors (Lipinski definition) is 0. The molecule has 0 aromatic rings. The van der Waals surface area contributed by atoms with Crippen LogP contribution in [0.1, 0.15) is 53.4 Å². The predicted octanol–water partition coefficient (Wildman–Crippen LogP) is -0.268. The fraction of sp³-hybridized carbons (Fsp3) is 0.632. The van der Waals surface area contributed by atoms with Crippen LogP contribution in [-0.4, -0.2) is 71.6 Å². The fourth-order valence-electron chi connectivity index (χ4n) is 2.34. The molecule has 0 aliphatic carbocycles. The Bertz CT molecular complexity index is 760. The molecule has 1 rings (SSSR count). The number of esters is 4. The van der Waals surface area contributed by atoms with Gasteiger partial charge in [0.1, 0.15) is 0 Å². The van der Waals surface area contributed by atoms with Gasteiger partial charge in [-0.1, -0.05) is 13.3 Å². The number of unbranched alkanes of at least 4 members (excludes halogenated alkanes) is 1. The van der Waals surface area contributed by atoms with Gasteiger partial charge < -0.3 is 23.8 Å². The first kappa shape index (κ1) is 26.5. The van der Waals surface area contributed by atoms with Gasteiger partial charge in [-0.25, -0.2) is 14.4 Å². The number of hydroxylamine groups is 2. The minimum Gasteiger partial charge on any atom is -0.463 e. The third kappa shape index (κ3) is 7.96. The number of nitrogens with zero attached hydrogens (tertiary/aromatic N) is 1. The van der Waals surface area contributed by atoms with Gasteiger partial charge in [-0.05, 0) is 13.3 Å². The number of carbonyl (C=O) groups excluding carboxylic acids is 7. The Kier molecular flexibility index (Phi) is 10.3. The van der Waals surface area contributed by atoms with Crippen molar-refractivity contribution in [3.63, 3.8) is 0 Å². The Morgan fingerprint density at radius 3 is 1.81 bits per heavy atom. The van der Waals surface area contributed by atoms with Crippen LogP contribution in [0.3, 0.4) is 0 Å². The molecule has 0 spiro atoms. The highest BCUT2D eigenvalue weighted by Gasteiger charge is 2.43. The molecule has 0 radical (unpaired) electrons. The topological polar surface area (TPSA) is 169 Å². The third-order valence-corrected chi connectivity index (χ3v) is 3.88. The first-order chi connectivity index (χ1) is 15.0. The second-order valence-electron chi connectivity index (χ2n) is 6.65. The number of imide groups is 1. The van der Waals surface area contributed by atoms with Crippen molar-refractivity contribution in [1.82, 2.24) is 5.06 Å². The van der Waals surface area contributed by atoms with E-state index in [-0.39, 0.29) is 24.5 Å². The van der Waals surface area contributed by atoms with E-state index < -0.39 is 60.0 Å². The average molecular weight is 459 g/mol. The van der Waals surface area contributed by atoms with Crippen LogP contribution in [0, 0.1) is 0 Å². The van der Waals surface area contributed by atoms with Crippen molar-refractivity contribution in [1.29, 1.82) is 0 Å². The molecule has 3 atom stereocenters. The first-order valence-electron chi connectivity index (χ1n) is 9.77. The van der Waals surface area contributed by atoms with Crippen molar-refractivity contribution in [2.45, 2.75) is 71.7 Å². The van der Waals surface area contributed by atoms with Gasteiger partial charge in [0.2, 0.25) is 12.2 Å². The summed E-state index contributed by atoms with van der Waals surface area (Å²) < 4.78 is 19.4. The highest BCUT2D eigenvalue weighted by Crippen LogP contribution is 2.15. The molecule has 1 fully saturated rings. The van der Waals surface area contributed by atoms with Gasteiger partial charge in [0.15, 0.2) is 6.10 Å². The maximum absolute atomic E-state index is 12.6. The SMILES string of the molecule is CCCCOC(=O)[C@H](OC(C)=O)[C@@H](OC(C)=O)C(=O)O[C@@H](C)C(=O)ON1C(=O)CCC1=O. The maximum Gasteiger partial charge on any atom is 0.373 e. The van der Waals surface area contributed by atoms with Crippen molar-refractivity contribution in [2.75, 3.05) is 6.61 Å². The van der Waals surface area contributed by atoms with E-state index in [1.165, 1.54) is 0 Å². The van der Waals surface area contributed by atoms with Gasteiger partial charge in [0.25, 0.3) is 11.8 Å². The van der Waals surface area contributed by atoms with E-state index in [1.54, 1.807) is 0 Å². The molecule has 178 valence electrons. The number of carbonyl (C=O) groups is 7. The van der Waals surface area contributed by atoms with E-state index in [1.807, 2.05) is 6.92 Å². The van der Waals surface area contributed by atoms with Crippen LogP contribution < -0.4 is 0 Å². The molecule has 0 bridgehead atoms. The fourth-order valence-corrected chi connectivity index (χ4v) is 2.34. The van der Waals surface area contributed by atoms with E-state index in [0.717, 1.165) is 20.8 Å². The quantitative estimate of drug-likeness (QED) is 0.172. The molecule has 1 aliphatic heterocycles. The molecular weight excluding hydrogens is 434 g/mol. The minimum absolute atomic E-state index is 0.0461. The largest absolute Gasteiger partial charge is 0.463 e. The van der Waals surface area contributed by atoms with Gasteiger partial charge in [0.05, 0.1) is 6.61 Å². The molecule has 0 aromatic heterocycles. The van der Waals surface area contributed by atoms with Crippen LogP contribution in [0.4, 0.5) is 0 Å². The van der Waals surface area contributed by atoms with Crippen LogP contribution in [-0.2, 0) is 57.3 Å². The lowest BCUT2D eigenvalue weighted by Crippen LogP contribution is -2.48. The van der Waals surface area contributed by atoms with E-state index in [9.17, 15) is 33.6 Å². The van der Waals surface area contributed by atoms with E-state index in [0.29, 0.717) is 12.8 Å². The van der Waals surface area contributed by atoms with Crippen LogP contribution in [0.25, 0.3) is 0 Å². The molecule has 1 saturated heterocycles. The molecule has 32 heavy (non-hydrogen) atoms. The highest BCUT2D eigenvalue weighted by atomic mass is 16.7. The molecule has 0 saturated carbocycles. The first-order valence-corrected chi connectivity index (χ1v) is 9.77. The number of amides is 2. The van der Waals surface area contributed by atoms with Gasteiger partial charge in [-0.15, -0.1) is 5.06 Å². The molecule has 1 heterocycles. The molecule has 1 aliphatic rings. The molecule has 13 nitrogen and oxygen atoms in total. The van der Waals surface area contributed by atoms with Gasteiger partial charge in [0, 0.05) is 26.7 Å². The zero-order valence-corrected chi connectivity index (χ0v) is 18.1. The zero-order valence-electron chi connectivity index (χ0n) is 18.1. The molecule has 0 unspecified atom stereocenters. The number of rotatable bonds is 11. The Labute approximate surface area is 183 Å². The number of hydrogen-bond acceptors (Lipinski definition) is 12. The smallest absolute Gasteiger partial charge is 0.373 e. The highest BCUT2D eigenvalue weighted by molar-refractivity contribution is 6.01. The van der Waals surface area contributed by atoms with Crippen LogP contribution in [0.5, 0.6) is 0 Å². The van der Waals surface area contributed by atoms with Crippen molar-refractivity contribution in [3.8, 4) is 0 Å². The van der Waals surface area contributed by atoms with Crippen LogP contribution in [0.15, 0.2) is 0 Å². The van der Waals surface area contributed by atoms with Gasteiger partial charge in [-0.3, -0.25) is 19.2 Å². The van der Waals surface area contributed by atoms with E-state index in [4.69, 9.17) is 18.9 Å². The van der Waals surface area contributed by atoms with E-state index >= 15 is 0 Å². The van der Waals surface area contributed by atoms with Crippen LogP contribution in [0.2, 0.25) is 0 Å². The summed E-state index contributed by atoms with van der Waals surface area (Å²) in [5.74, 6) is -7.37. The Hall–Kier alpha value is -3.51. The molecule has 2 amide bonds. The van der Waals surface area contributed by atoms with E-state index in [2.05, 4.69) is 4.84 Å². The third-order valence-electron chi connectivity index (χ3n) is 3.88. The minimum atomic E-state index is -2.09. The normalized spacial score (nSPS) is 15.9. The summed E-state index contributed by atoms with van der Waals surface area (Å²) in [7, 11) is 0.